The largest absolute Gasteiger partial charge is 0.490 e. The molecule has 2 rings (SSSR count). The lowest BCUT2D eigenvalue weighted by Gasteiger charge is -2.09. The number of rotatable bonds is 4. The molecule has 1 saturated carbocycles. The number of hydrogen-bond acceptors (Lipinski definition) is 3. The monoisotopic (exact) mass is 208 g/mol. The Balaban J connectivity index is 2.30. The summed E-state index contributed by atoms with van der Waals surface area (Å²) < 4.78 is 5.65. The van der Waals surface area contributed by atoms with E-state index in [9.17, 15) is 4.79 Å². The van der Waals surface area contributed by atoms with Crippen LogP contribution in [0.25, 0.3) is 0 Å². The van der Waals surface area contributed by atoms with Crippen LogP contribution in [0.4, 0.5) is 0 Å². The average molecular weight is 208 g/mol. The quantitative estimate of drug-likeness (QED) is 0.562. The van der Waals surface area contributed by atoms with E-state index >= 15 is 0 Å². The molecule has 74 valence electrons. The Labute approximate surface area is 87.6 Å². The molecule has 14 heavy (non-hydrogen) atoms. The van der Waals surface area contributed by atoms with Gasteiger partial charge in [-0.3, -0.25) is 4.79 Å². The topological polar surface area (TPSA) is 26.3 Å². The van der Waals surface area contributed by atoms with Gasteiger partial charge >= 0.3 is 0 Å². The fourth-order valence-electron chi connectivity index (χ4n) is 1.29. The summed E-state index contributed by atoms with van der Waals surface area (Å²) in [4.78, 5) is 11.9. The van der Waals surface area contributed by atoms with Gasteiger partial charge < -0.3 is 4.74 Å². The third kappa shape index (κ3) is 1.93. The van der Waals surface area contributed by atoms with E-state index in [2.05, 4.69) is 0 Å². The fourth-order valence-corrected chi connectivity index (χ4v) is 1.87. The minimum Gasteiger partial charge on any atom is -0.490 e. The SMILES string of the molecule is CSc1cccc(OC2CC2)c1C=O. The maximum absolute atomic E-state index is 10.9. The molecule has 0 radical (unpaired) electrons. The highest BCUT2D eigenvalue weighted by Crippen LogP contribution is 2.32. The molecule has 1 aliphatic rings. The van der Waals surface area contributed by atoms with Crippen LogP contribution in [0.2, 0.25) is 0 Å². The minimum atomic E-state index is 0.339. The van der Waals surface area contributed by atoms with Crippen molar-refractivity contribution in [2.45, 2.75) is 23.8 Å². The lowest BCUT2D eigenvalue weighted by molar-refractivity contribution is 0.111. The summed E-state index contributed by atoms with van der Waals surface area (Å²) in [5.41, 5.74) is 0.687. The predicted molar refractivity (Wildman–Crippen MR) is 57.3 cm³/mol. The Kier molecular flexibility index (Phi) is 2.77. The maximum Gasteiger partial charge on any atom is 0.154 e. The number of thioether (sulfide) groups is 1. The van der Waals surface area contributed by atoms with Crippen LogP contribution in [0.5, 0.6) is 5.75 Å². The number of benzene rings is 1. The van der Waals surface area contributed by atoms with Crippen LogP contribution in [-0.4, -0.2) is 18.6 Å². The highest BCUT2D eigenvalue weighted by Gasteiger charge is 2.24. The highest BCUT2D eigenvalue weighted by molar-refractivity contribution is 7.98. The van der Waals surface area contributed by atoms with E-state index in [0.29, 0.717) is 11.7 Å². The Morgan fingerprint density at radius 3 is 2.86 bits per heavy atom. The molecule has 2 nitrogen and oxygen atoms in total. The molecule has 0 spiro atoms. The van der Waals surface area contributed by atoms with Crippen LogP contribution in [-0.2, 0) is 0 Å². The molecular formula is C11H12O2S. The van der Waals surface area contributed by atoms with E-state index < -0.39 is 0 Å². The molecule has 0 saturated heterocycles. The first-order valence-corrected chi connectivity index (χ1v) is 5.86. The van der Waals surface area contributed by atoms with Gasteiger partial charge in [0.25, 0.3) is 0 Å². The third-order valence-electron chi connectivity index (χ3n) is 2.18. The molecule has 0 unspecified atom stereocenters. The zero-order valence-corrected chi connectivity index (χ0v) is 8.84. The van der Waals surface area contributed by atoms with Gasteiger partial charge in [0.2, 0.25) is 0 Å². The van der Waals surface area contributed by atoms with Crippen LogP contribution in [0.15, 0.2) is 23.1 Å². The van der Waals surface area contributed by atoms with E-state index in [1.165, 1.54) is 0 Å². The van der Waals surface area contributed by atoms with Gasteiger partial charge in [-0.1, -0.05) is 6.07 Å². The van der Waals surface area contributed by atoms with Crippen molar-refractivity contribution in [3.63, 3.8) is 0 Å². The zero-order valence-electron chi connectivity index (χ0n) is 8.03. The van der Waals surface area contributed by atoms with E-state index in [0.717, 1.165) is 29.8 Å². The normalized spacial score (nSPS) is 15.2. The first kappa shape index (κ1) is 9.59. The van der Waals surface area contributed by atoms with Crippen molar-refractivity contribution in [3.05, 3.63) is 23.8 Å². The number of aldehydes is 1. The van der Waals surface area contributed by atoms with Gasteiger partial charge in [0.15, 0.2) is 6.29 Å². The van der Waals surface area contributed by atoms with Gasteiger partial charge in [-0.25, -0.2) is 0 Å². The van der Waals surface area contributed by atoms with Gasteiger partial charge in [-0.2, -0.15) is 0 Å². The molecule has 1 aliphatic carbocycles. The third-order valence-corrected chi connectivity index (χ3v) is 2.98. The van der Waals surface area contributed by atoms with Crippen molar-refractivity contribution < 1.29 is 9.53 Å². The maximum atomic E-state index is 10.9. The summed E-state index contributed by atoms with van der Waals surface area (Å²) in [5.74, 6) is 0.731. The predicted octanol–water partition coefficient (Wildman–Crippen LogP) is 2.76. The first-order valence-electron chi connectivity index (χ1n) is 4.64. The van der Waals surface area contributed by atoms with Crippen molar-refractivity contribution in [1.82, 2.24) is 0 Å². The lowest BCUT2D eigenvalue weighted by atomic mass is 10.2. The van der Waals surface area contributed by atoms with Gasteiger partial charge in [0.05, 0.1) is 11.7 Å². The molecule has 0 N–H and O–H groups in total. The Hall–Kier alpha value is -0.960. The summed E-state index contributed by atoms with van der Waals surface area (Å²) in [6.45, 7) is 0. The molecule has 0 aliphatic heterocycles. The lowest BCUT2D eigenvalue weighted by Crippen LogP contribution is -2.00. The van der Waals surface area contributed by atoms with Gasteiger partial charge in [0.1, 0.15) is 5.75 Å². The standard InChI is InChI=1S/C11H12O2S/c1-14-11-4-2-3-10(9(11)7-12)13-8-5-6-8/h2-4,7-8H,5-6H2,1H3. The van der Waals surface area contributed by atoms with E-state index in [-0.39, 0.29) is 0 Å². The average Bonchev–Trinajstić information content (AvgIpc) is 3.01. The molecular weight excluding hydrogens is 196 g/mol. The van der Waals surface area contributed by atoms with Crippen LogP contribution in [0.3, 0.4) is 0 Å². The molecule has 0 aromatic heterocycles. The molecule has 1 fully saturated rings. The Bertz CT molecular complexity index is 345. The van der Waals surface area contributed by atoms with E-state index in [1.807, 2.05) is 24.5 Å². The second kappa shape index (κ2) is 4.05. The summed E-state index contributed by atoms with van der Waals surface area (Å²) in [7, 11) is 0. The number of carbonyl (C=O) groups excluding carboxylic acids is 1. The van der Waals surface area contributed by atoms with Gasteiger partial charge in [-0.15, -0.1) is 11.8 Å². The molecule has 0 heterocycles. The molecule has 0 amide bonds. The first-order chi connectivity index (χ1) is 6.85. The van der Waals surface area contributed by atoms with Crippen molar-refractivity contribution in [3.8, 4) is 5.75 Å². The molecule has 1 aromatic carbocycles. The van der Waals surface area contributed by atoms with Crippen LogP contribution in [0, 0.1) is 0 Å². The second-order valence-electron chi connectivity index (χ2n) is 3.31. The smallest absolute Gasteiger partial charge is 0.154 e. The minimum absolute atomic E-state index is 0.339. The summed E-state index contributed by atoms with van der Waals surface area (Å²) in [5, 5.41) is 0. The van der Waals surface area contributed by atoms with Crippen LogP contribution < -0.4 is 4.74 Å². The Morgan fingerprint density at radius 2 is 2.29 bits per heavy atom. The number of carbonyl (C=O) groups is 1. The zero-order chi connectivity index (χ0) is 9.97. The van der Waals surface area contributed by atoms with Gasteiger partial charge in [0, 0.05) is 4.90 Å². The van der Waals surface area contributed by atoms with E-state index in [4.69, 9.17) is 4.74 Å². The Morgan fingerprint density at radius 1 is 1.50 bits per heavy atom. The van der Waals surface area contributed by atoms with Crippen LogP contribution >= 0.6 is 11.8 Å². The molecule has 0 bridgehead atoms. The molecule has 3 heteroatoms. The summed E-state index contributed by atoms with van der Waals surface area (Å²) in [6, 6.07) is 5.73. The number of ether oxygens (including phenoxy) is 1. The summed E-state index contributed by atoms with van der Waals surface area (Å²) >= 11 is 1.57. The van der Waals surface area contributed by atoms with Crippen molar-refractivity contribution in [1.29, 1.82) is 0 Å². The van der Waals surface area contributed by atoms with Gasteiger partial charge in [-0.05, 0) is 31.2 Å². The second-order valence-corrected chi connectivity index (χ2v) is 4.16. The molecule has 1 aromatic rings. The van der Waals surface area contributed by atoms with E-state index in [1.54, 1.807) is 11.8 Å². The molecule has 0 atom stereocenters. The van der Waals surface area contributed by atoms with Crippen LogP contribution in [0.1, 0.15) is 23.2 Å². The van der Waals surface area contributed by atoms with Crippen molar-refractivity contribution >= 4 is 18.0 Å². The van der Waals surface area contributed by atoms with Crippen molar-refractivity contribution in [2.24, 2.45) is 0 Å². The van der Waals surface area contributed by atoms with Crippen molar-refractivity contribution in [2.75, 3.05) is 6.26 Å². The number of hydrogen-bond donors (Lipinski definition) is 0. The fraction of sp³-hybridized carbons (Fsp3) is 0.364. The highest BCUT2D eigenvalue weighted by atomic mass is 32.2. The summed E-state index contributed by atoms with van der Waals surface area (Å²) in [6.07, 6.45) is 5.40.